The molecule has 0 saturated carbocycles. The molecule has 0 atom stereocenters. The highest BCUT2D eigenvalue weighted by Crippen LogP contribution is 2.33. The second-order valence-electron chi connectivity index (χ2n) is 5.32. The molecule has 10 heteroatoms. The van der Waals surface area contributed by atoms with Gasteiger partial charge >= 0.3 is 12.2 Å². The molecular weight excluding hydrogens is 422 g/mol. The van der Waals surface area contributed by atoms with Gasteiger partial charge in [0.15, 0.2) is 5.13 Å². The first-order valence-corrected chi connectivity index (χ1v) is 9.02. The fourth-order valence-corrected chi connectivity index (χ4v) is 3.24. The summed E-state index contributed by atoms with van der Waals surface area (Å²) in [5.41, 5.74) is 0.584. The number of nitrogens with zero attached hydrogens (tertiary/aromatic N) is 1. The van der Waals surface area contributed by atoms with Crippen LogP contribution >= 0.6 is 34.5 Å². The summed E-state index contributed by atoms with van der Waals surface area (Å²) in [5.74, 6) is 0. The number of aromatic nitrogens is 1. The molecule has 0 fully saturated rings. The molecule has 0 aliphatic heterocycles. The Morgan fingerprint density at radius 1 is 1.04 bits per heavy atom. The van der Waals surface area contributed by atoms with Gasteiger partial charge in [0.2, 0.25) is 0 Å². The SMILES string of the molecule is O=C(Nc1ccc(C(F)(F)F)cc1)Nc1nc(-c2cc(Cl)ccc2Cl)cs1. The number of thiazole rings is 1. The van der Waals surface area contributed by atoms with Crippen molar-refractivity contribution in [2.24, 2.45) is 0 Å². The van der Waals surface area contributed by atoms with E-state index in [2.05, 4.69) is 15.6 Å². The van der Waals surface area contributed by atoms with Crippen LogP contribution in [-0.4, -0.2) is 11.0 Å². The molecule has 140 valence electrons. The minimum atomic E-state index is -4.43. The average molecular weight is 432 g/mol. The number of hydrogen-bond acceptors (Lipinski definition) is 3. The summed E-state index contributed by atoms with van der Waals surface area (Å²) < 4.78 is 37.6. The monoisotopic (exact) mass is 431 g/mol. The lowest BCUT2D eigenvalue weighted by Gasteiger charge is -2.08. The van der Waals surface area contributed by atoms with E-state index in [0.717, 1.165) is 12.1 Å². The second-order valence-corrected chi connectivity index (χ2v) is 7.02. The van der Waals surface area contributed by atoms with E-state index in [4.69, 9.17) is 23.2 Å². The Kier molecular flexibility index (Phi) is 5.59. The van der Waals surface area contributed by atoms with Crippen molar-refractivity contribution in [3.8, 4) is 11.3 Å². The number of urea groups is 1. The zero-order valence-electron chi connectivity index (χ0n) is 13.3. The highest BCUT2D eigenvalue weighted by molar-refractivity contribution is 7.14. The average Bonchev–Trinajstić information content (AvgIpc) is 3.04. The predicted octanol–water partition coefficient (Wildman–Crippen LogP) is 6.78. The van der Waals surface area contributed by atoms with E-state index in [9.17, 15) is 18.0 Å². The number of amides is 2. The lowest BCUT2D eigenvalue weighted by molar-refractivity contribution is -0.137. The summed E-state index contributed by atoms with van der Waals surface area (Å²) in [6, 6.07) is 8.43. The Morgan fingerprint density at radius 3 is 2.41 bits per heavy atom. The molecule has 0 saturated heterocycles. The van der Waals surface area contributed by atoms with Gasteiger partial charge in [-0.1, -0.05) is 23.2 Å². The summed E-state index contributed by atoms with van der Waals surface area (Å²) in [4.78, 5) is 16.3. The van der Waals surface area contributed by atoms with Crippen LogP contribution in [0.2, 0.25) is 10.0 Å². The fourth-order valence-electron chi connectivity index (χ4n) is 2.15. The number of anilines is 2. The molecule has 3 aromatic rings. The van der Waals surface area contributed by atoms with Crippen molar-refractivity contribution < 1.29 is 18.0 Å². The smallest absolute Gasteiger partial charge is 0.308 e. The zero-order valence-corrected chi connectivity index (χ0v) is 15.6. The molecule has 3 rings (SSSR count). The molecule has 4 nitrogen and oxygen atoms in total. The summed E-state index contributed by atoms with van der Waals surface area (Å²) in [5, 5.41) is 7.92. The molecule has 2 amide bonds. The van der Waals surface area contributed by atoms with E-state index in [-0.39, 0.29) is 5.69 Å². The van der Waals surface area contributed by atoms with E-state index < -0.39 is 17.8 Å². The Bertz CT molecular complexity index is 974. The van der Waals surface area contributed by atoms with E-state index in [0.29, 0.717) is 26.4 Å². The van der Waals surface area contributed by atoms with Crippen LogP contribution in [0.1, 0.15) is 5.56 Å². The number of alkyl halides is 3. The van der Waals surface area contributed by atoms with Crippen LogP contribution in [0.4, 0.5) is 28.8 Å². The van der Waals surface area contributed by atoms with Crippen LogP contribution in [0, 0.1) is 0 Å². The van der Waals surface area contributed by atoms with Gasteiger partial charge in [-0.3, -0.25) is 5.32 Å². The Labute approximate surface area is 165 Å². The number of hydrogen-bond donors (Lipinski definition) is 2. The van der Waals surface area contributed by atoms with Crippen LogP contribution in [0.3, 0.4) is 0 Å². The van der Waals surface area contributed by atoms with Gasteiger partial charge in [-0.25, -0.2) is 9.78 Å². The summed E-state index contributed by atoms with van der Waals surface area (Å²) >= 11 is 13.2. The molecule has 0 aliphatic carbocycles. The molecule has 27 heavy (non-hydrogen) atoms. The zero-order chi connectivity index (χ0) is 19.6. The molecule has 0 unspecified atom stereocenters. The molecular formula is C17H10Cl2F3N3OS. The van der Waals surface area contributed by atoms with Gasteiger partial charge in [-0.15, -0.1) is 11.3 Å². The molecule has 0 spiro atoms. The first kappa shape index (κ1) is 19.5. The lowest BCUT2D eigenvalue weighted by Crippen LogP contribution is -2.19. The molecule has 2 N–H and O–H groups in total. The minimum Gasteiger partial charge on any atom is -0.308 e. The maximum Gasteiger partial charge on any atom is 0.416 e. The maximum absolute atomic E-state index is 12.5. The number of carbonyl (C=O) groups is 1. The molecule has 0 bridgehead atoms. The molecule has 1 aromatic heterocycles. The van der Waals surface area contributed by atoms with Crippen molar-refractivity contribution >= 4 is 51.4 Å². The second kappa shape index (κ2) is 7.75. The van der Waals surface area contributed by atoms with Gasteiger partial charge < -0.3 is 5.32 Å². The quantitative estimate of drug-likeness (QED) is 0.480. The number of rotatable bonds is 3. The maximum atomic E-state index is 12.5. The standard InChI is InChI=1S/C17H10Cl2F3N3OS/c18-10-3-6-13(19)12(7-10)14-8-27-16(24-14)25-15(26)23-11-4-1-9(2-5-11)17(20,21)22/h1-8H,(H2,23,24,25,26). The van der Waals surface area contributed by atoms with Crippen LogP contribution in [0.15, 0.2) is 47.8 Å². The predicted molar refractivity (Wildman–Crippen MR) is 102 cm³/mol. The van der Waals surface area contributed by atoms with E-state index in [1.807, 2.05) is 0 Å². The molecule has 2 aromatic carbocycles. The number of halogens is 5. The van der Waals surface area contributed by atoms with Gasteiger partial charge in [0.05, 0.1) is 16.3 Å². The number of carbonyl (C=O) groups excluding carboxylic acids is 1. The van der Waals surface area contributed by atoms with Gasteiger partial charge in [-0.2, -0.15) is 13.2 Å². The minimum absolute atomic E-state index is 0.218. The first-order valence-electron chi connectivity index (χ1n) is 7.38. The van der Waals surface area contributed by atoms with E-state index in [1.165, 1.54) is 23.5 Å². The van der Waals surface area contributed by atoms with Crippen molar-refractivity contribution in [2.45, 2.75) is 6.18 Å². The Balaban J connectivity index is 1.67. The van der Waals surface area contributed by atoms with Crippen molar-refractivity contribution in [1.29, 1.82) is 0 Å². The Hall–Kier alpha value is -2.29. The largest absolute Gasteiger partial charge is 0.416 e. The van der Waals surface area contributed by atoms with Crippen molar-refractivity contribution in [3.05, 3.63) is 63.5 Å². The third-order valence-corrected chi connectivity index (χ3v) is 4.72. The van der Waals surface area contributed by atoms with Gasteiger partial charge in [-0.05, 0) is 42.5 Å². The van der Waals surface area contributed by atoms with Crippen molar-refractivity contribution in [2.75, 3.05) is 10.6 Å². The molecule has 1 heterocycles. The number of nitrogens with one attached hydrogen (secondary N) is 2. The van der Waals surface area contributed by atoms with Crippen LogP contribution in [-0.2, 0) is 6.18 Å². The Morgan fingerprint density at radius 2 is 1.74 bits per heavy atom. The normalized spacial score (nSPS) is 11.3. The fraction of sp³-hybridized carbons (Fsp3) is 0.0588. The molecule has 0 aliphatic rings. The first-order chi connectivity index (χ1) is 12.7. The third-order valence-electron chi connectivity index (χ3n) is 3.40. The third kappa shape index (κ3) is 4.91. The highest BCUT2D eigenvalue weighted by Gasteiger charge is 2.30. The molecule has 0 radical (unpaired) electrons. The summed E-state index contributed by atoms with van der Waals surface area (Å²) in [6.45, 7) is 0. The topological polar surface area (TPSA) is 54.0 Å². The van der Waals surface area contributed by atoms with E-state index in [1.54, 1.807) is 23.6 Å². The van der Waals surface area contributed by atoms with Crippen LogP contribution in [0.25, 0.3) is 11.3 Å². The van der Waals surface area contributed by atoms with E-state index >= 15 is 0 Å². The van der Waals surface area contributed by atoms with Gasteiger partial charge in [0, 0.05) is 21.7 Å². The van der Waals surface area contributed by atoms with Crippen molar-refractivity contribution in [1.82, 2.24) is 4.98 Å². The van der Waals surface area contributed by atoms with Crippen LogP contribution in [0.5, 0.6) is 0 Å². The van der Waals surface area contributed by atoms with Gasteiger partial charge in [0.1, 0.15) is 0 Å². The van der Waals surface area contributed by atoms with Crippen LogP contribution < -0.4 is 10.6 Å². The summed E-state index contributed by atoms with van der Waals surface area (Å²) in [6.07, 6.45) is -4.43. The number of benzene rings is 2. The van der Waals surface area contributed by atoms with Gasteiger partial charge in [0.25, 0.3) is 0 Å². The highest BCUT2D eigenvalue weighted by atomic mass is 35.5. The summed E-state index contributed by atoms with van der Waals surface area (Å²) in [7, 11) is 0. The van der Waals surface area contributed by atoms with Crippen molar-refractivity contribution in [3.63, 3.8) is 0 Å². The lowest BCUT2D eigenvalue weighted by atomic mass is 10.2.